The lowest BCUT2D eigenvalue weighted by atomic mass is 10.6. The molecule has 0 atom stereocenters. The Hall–Kier alpha value is 0.540. The number of rotatable bonds is 3. The second-order valence-corrected chi connectivity index (χ2v) is 7.98. The van der Waals surface area contributed by atoms with Crippen molar-refractivity contribution in [2.45, 2.75) is 19.5 Å². The molecular formula is C7H20O4P2. The highest BCUT2D eigenvalue weighted by atomic mass is 31.2. The predicted molar refractivity (Wildman–Crippen MR) is 56.9 cm³/mol. The summed E-state index contributed by atoms with van der Waals surface area (Å²) < 4.78 is 17.7. The first-order valence-corrected chi connectivity index (χ1v) is 8.03. The van der Waals surface area contributed by atoms with Crippen molar-refractivity contribution in [3.63, 3.8) is 0 Å². The lowest BCUT2D eigenvalue weighted by molar-refractivity contribution is -0.220. The van der Waals surface area contributed by atoms with Gasteiger partial charge in [-0.1, -0.05) is 0 Å². The maximum Gasteiger partial charge on any atom is 0.267 e. The monoisotopic (exact) mass is 230 g/mol. The number of phosphoric acid groups is 1. The summed E-state index contributed by atoms with van der Waals surface area (Å²) >= 11 is 0. The summed E-state index contributed by atoms with van der Waals surface area (Å²) in [6.07, 6.45) is 0. The standard InChI is InChI=1S/C5H13P.C2H7O4P/c1-5(2)6(3)4;1-5-7(3,4)6-2/h5H,1-4H3;1-2H3,(H,3,4). The summed E-state index contributed by atoms with van der Waals surface area (Å²) in [7, 11) is -1.78. The van der Waals surface area contributed by atoms with Gasteiger partial charge < -0.3 is 13.9 Å². The Morgan fingerprint density at radius 1 is 1.23 bits per heavy atom. The van der Waals surface area contributed by atoms with Gasteiger partial charge in [-0.05, 0) is 21.8 Å². The zero-order chi connectivity index (χ0) is 11.1. The smallest absolute Gasteiger partial charge is 0.267 e. The van der Waals surface area contributed by atoms with Gasteiger partial charge in [-0.25, -0.2) is 0 Å². The Balaban J connectivity index is 0. The van der Waals surface area contributed by atoms with Crippen molar-refractivity contribution in [3.8, 4) is 0 Å². The molecule has 0 amide bonds. The van der Waals surface area contributed by atoms with E-state index in [1.54, 1.807) is 0 Å². The van der Waals surface area contributed by atoms with Gasteiger partial charge in [-0.2, -0.15) is 0 Å². The van der Waals surface area contributed by atoms with Gasteiger partial charge in [0.25, 0.3) is 7.82 Å². The van der Waals surface area contributed by atoms with Crippen molar-refractivity contribution in [2.75, 3.05) is 27.5 Å². The van der Waals surface area contributed by atoms with Crippen LogP contribution in [0.25, 0.3) is 0 Å². The minimum Gasteiger partial charge on any atom is -0.756 e. The van der Waals surface area contributed by atoms with Crippen LogP contribution in [0.2, 0.25) is 0 Å². The van der Waals surface area contributed by atoms with Crippen molar-refractivity contribution in [2.24, 2.45) is 0 Å². The molecule has 0 saturated heterocycles. The third-order valence-corrected chi connectivity index (χ3v) is 4.81. The molecule has 82 valence electrons. The largest absolute Gasteiger partial charge is 0.756 e. The Labute approximate surface area is 82.0 Å². The van der Waals surface area contributed by atoms with Crippen LogP contribution in [0.15, 0.2) is 0 Å². The summed E-state index contributed by atoms with van der Waals surface area (Å²) in [5.74, 6) is 0. The van der Waals surface area contributed by atoms with E-state index in [0.717, 1.165) is 19.9 Å². The lowest BCUT2D eigenvalue weighted by Crippen LogP contribution is -2.02. The van der Waals surface area contributed by atoms with Crippen molar-refractivity contribution in [3.05, 3.63) is 0 Å². The first-order chi connectivity index (χ1) is 5.76. The molecule has 0 spiro atoms. The first kappa shape index (κ1) is 16.0. The number of hydrogen-bond donors (Lipinski definition) is 0. The molecule has 13 heavy (non-hydrogen) atoms. The van der Waals surface area contributed by atoms with Crippen LogP contribution in [0.5, 0.6) is 0 Å². The minimum absolute atomic E-state index is 0.0484. The summed E-state index contributed by atoms with van der Waals surface area (Å²) in [6, 6.07) is 0. The molecule has 0 aliphatic rings. The van der Waals surface area contributed by atoms with E-state index >= 15 is 0 Å². The van der Waals surface area contributed by atoms with Crippen LogP contribution in [-0.4, -0.2) is 33.2 Å². The van der Waals surface area contributed by atoms with E-state index in [1.807, 2.05) is 0 Å². The molecular weight excluding hydrogens is 210 g/mol. The van der Waals surface area contributed by atoms with Crippen LogP contribution in [0.3, 0.4) is 0 Å². The second kappa shape index (κ2) is 7.90. The molecule has 0 aliphatic carbocycles. The molecule has 0 rings (SSSR count). The first-order valence-electron chi connectivity index (χ1n) is 3.99. The Morgan fingerprint density at radius 3 is 1.46 bits per heavy atom. The van der Waals surface area contributed by atoms with Crippen LogP contribution in [-0.2, 0) is 13.6 Å². The molecule has 0 aliphatic heterocycles. The maximum atomic E-state index is 9.95. The van der Waals surface area contributed by atoms with Crippen LogP contribution < -0.4 is 4.89 Å². The fourth-order valence-corrected chi connectivity index (χ4v) is 0.224. The molecule has 0 fully saturated rings. The van der Waals surface area contributed by atoms with E-state index in [4.69, 9.17) is 0 Å². The summed E-state index contributed by atoms with van der Waals surface area (Å²) in [5.41, 5.74) is 0.954. The molecule has 6 heteroatoms. The lowest BCUT2D eigenvalue weighted by Gasteiger charge is -2.16. The topological polar surface area (TPSA) is 58.6 Å². The van der Waals surface area contributed by atoms with Crippen LogP contribution in [0.1, 0.15) is 13.8 Å². The van der Waals surface area contributed by atoms with Gasteiger partial charge in [0.2, 0.25) is 0 Å². The highest BCUT2D eigenvalue weighted by Crippen LogP contribution is 2.34. The van der Waals surface area contributed by atoms with Gasteiger partial charge in [0.1, 0.15) is 0 Å². The zero-order valence-electron chi connectivity index (χ0n) is 9.16. The molecule has 0 aromatic rings. The van der Waals surface area contributed by atoms with Crippen molar-refractivity contribution in [1.82, 2.24) is 0 Å². The van der Waals surface area contributed by atoms with Crippen LogP contribution >= 0.6 is 15.7 Å². The zero-order valence-corrected chi connectivity index (χ0v) is 11.1. The Bertz CT molecular complexity index is 145. The predicted octanol–water partition coefficient (Wildman–Crippen LogP) is 1.62. The van der Waals surface area contributed by atoms with E-state index < -0.39 is 7.82 Å². The minimum atomic E-state index is -3.90. The highest BCUT2D eigenvalue weighted by Gasteiger charge is 2.03. The number of hydrogen-bond acceptors (Lipinski definition) is 4. The van der Waals surface area contributed by atoms with Gasteiger partial charge in [0.05, 0.1) is 5.66 Å². The Morgan fingerprint density at radius 2 is 1.46 bits per heavy atom. The summed E-state index contributed by atoms with van der Waals surface area (Å²) in [4.78, 5) is 9.95. The van der Waals surface area contributed by atoms with E-state index in [2.05, 4.69) is 36.2 Å². The summed E-state index contributed by atoms with van der Waals surface area (Å²) in [6.45, 7) is 9.26. The third-order valence-electron chi connectivity index (χ3n) is 1.60. The average molecular weight is 230 g/mol. The van der Waals surface area contributed by atoms with Crippen LogP contribution in [0.4, 0.5) is 0 Å². The normalized spacial score (nSPS) is 11.5. The van der Waals surface area contributed by atoms with E-state index in [0.29, 0.717) is 0 Å². The third kappa shape index (κ3) is 12.5. The molecule has 0 heterocycles. The molecule has 0 unspecified atom stereocenters. The van der Waals surface area contributed by atoms with Crippen molar-refractivity contribution in [1.29, 1.82) is 0 Å². The highest BCUT2D eigenvalue weighted by molar-refractivity contribution is 7.56. The van der Waals surface area contributed by atoms with E-state index in [1.165, 1.54) is 0 Å². The molecule has 4 nitrogen and oxygen atoms in total. The molecule has 0 N–H and O–H groups in total. The van der Waals surface area contributed by atoms with Gasteiger partial charge in [-0.3, -0.25) is 4.57 Å². The van der Waals surface area contributed by atoms with Gasteiger partial charge in [0.15, 0.2) is 0 Å². The molecule has 0 bridgehead atoms. The second-order valence-electron chi connectivity index (χ2n) is 3.04. The van der Waals surface area contributed by atoms with Gasteiger partial charge in [-0.15, -0.1) is 0 Å². The molecule has 0 saturated carbocycles. The quantitative estimate of drug-likeness (QED) is 0.691. The molecule has 0 radical (unpaired) electrons. The molecule has 0 aromatic heterocycles. The van der Waals surface area contributed by atoms with Gasteiger partial charge >= 0.3 is 0 Å². The SMILES string of the molecule is CC(C)[PH+](C)C.COP(=O)([O-])OC. The van der Waals surface area contributed by atoms with Crippen LogP contribution in [0, 0.1) is 0 Å². The van der Waals surface area contributed by atoms with Crippen molar-refractivity contribution >= 4 is 15.7 Å². The maximum absolute atomic E-state index is 9.95. The average Bonchev–Trinajstić information content (AvgIpc) is 2.05. The van der Waals surface area contributed by atoms with Gasteiger partial charge in [0, 0.05) is 27.5 Å². The fraction of sp³-hybridized carbons (Fsp3) is 1.00. The fourth-order valence-electron chi connectivity index (χ4n) is 0.0745. The van der Waals surface area contributed by atoms with E-state index in [-0.39, 0.29) is 7.92 Å². The Kier molecular flexibility index (Phi) is 9.71. The molecule has 0 aromatic carbocycles. The number of phosphoric ester groups is 1. The van der Waals surface area contributed by atoms with Crippen molar-refractivity contribution < 1.29 is 18.5 Å². The van der Waals surface area contributed by atoms with E-state index in [9.17, 15) is 9.46 Å². The summed E-state index contributed by atoms with van der Waals surface area (Å²) in [5, 5.41) is 0.